The number of rotatable bonds is 4. The summed E-state index contributed by atoms with van der Waals surface area (Å²) in [5, 5.41) is 3.19. The Morgan fingerprint density at radius 1 is 1.19 bits per heavy atom. The van der Waals surface area contributed by atoms with E-state index in [1.165, 1.54) is 36.0 Å². The molecule has 21 heavy (non-hydrogen) atoms. The van der Waals surface area contributed by atoms with Crippen molar-refractivity contribution in [1.29, 1.82) is 0 Å². The zero-order valence-corrected chi connectivity index (χ0v) is 13.0. The van der Waals surface area contributed by atoms with Gasteiger partial charge in [-0.1, -0.05) is 23.2 Å². The number of hydrogen-bond donors (Lipinski definition) is 2. The smallest absolute Gasteiger partial charge is 0.234 e. The monoisotopic (exact) mass is 344 g/mol. The Hall–Kier alpha value is -1.43. The van der Waals surface area contributed by atoms with Gasteiger partial charge in [-0.15, -0.1) is 11.8 Å². The molecule has 2 aromatic carbocycles. The summed E-state index contributed by atoms with van der Waals surface area (Å²) in [5.41, 5.74) is 6.34. The number of halogens is 3. The van der Waals surface area contributed by atoms with Gasteiger partial charge in [-0.2, -0.15) is 0 Å². The molecule has 2 aromatic rings. The van der Waals surface area contributed by atoms with Crippen molar-refractivity contribution in [3.8, 4) is 0 Å². The molecule has 0 aliphatic carbocycles. The summed E-state index contributed by atoms with van der Waals surface area (Å²) in [5.74, 6) is -0.426. The van der Waals surface area contributed by atoms with Crippen molar-refractivity contribution in [3.05, 3.63) is 52.3 Å². The van der Waals surface area contributed by atoms with E-state index in [0.29, 0.717) is 11.4 Å². The molecule has 0 fully saturated rings. The maximum absolute atomic E-state index is 12.8. The van der Waals surface area contributed by atoms with Crippen LogP contribution in [0.15, 0.2) is 41.3 Å². The molecule has 7 heteroatoms. The van der Waals surface area contributed by atoms with Crippen molar-refractivity contribution < 1.29 is 9.18 Å². The van der Waals surface area contributed by atoms with Crippen molar-refractivity contribution in [2.45, 2.75) is 4.90 Å². The summed E-state index contributed by atoms with van der Waals surface area (Å²) in [7, 11) is 0. The van der Waals surface area contributed by atoms with Crippen molar-refractivity contribution in [2.24, 2.45) is 0 Å². The van der Waals surface area contributed by atoms with Crippen molar-refractivity contribution in [2.75, 3.05) is 16.8 Å². The van der Waals surface area contributed by atoms with Crippen LogP contribution in [0.25, 0.3) is 0 Å². The zero-order valence-electron chi connectivity index (χ0n) is 10.7. The van der Waals surface area contributed by atoms with Gasteiger partial charge in [0.25, 0.3) is 0 Å². The first-order valence-electron chi connectivity index (χ1n) is 5.88. The second kappa shape index (κ2) is 7.02. The SMILES string of the molecule is Nc1cc(Cl)c(NC(=O)CSc2ccc(F)cc2)c(Cl)c1. The van der Waals surface area contributed by atoms with Gasteiger partial charge in [-0.3, -0.25) is 4.79 Å². The molecule has 0 aliphatic heterocycles. The highest BCUT2D eigenvalue weighted by molar-refractivity contribution is 8.00. The van der Waals surface area contributed by atoms with Gasteiger partial charge in [0, 0.05) is 10.6 Å². The highest BCUT2D eigenvalue weighted by atomic mass is 35.5. The van der Waals surface area contributed by atoms with Crippen molar-refractivity contribution in [1.82, 2.24) is 0 Å². The summed E-state index contributed by atoms with van der Waals surface area (Å²) in [6.07, 6.45) is 0. The predicted octanol–water partition coefficient (Wildman–Crippen LogP) is 4.45. The van der Waals surface area contributed by atoms with E-state index >= 15 is 0 Å². The van der Waals surface area contributed by atoms with Crippen LogP contribution in [0.3, 0.4) is 0 Å². The number of thioether (sulfide) groups is 1. The van der Waals surface area contributed by atoms with E-state index in [4.69, 9.17) is 28.9 Å². The lowest BCUT2D eigenvalue weighted by Crippen LogP contribution is -2.14. The molecule has 2 rings (SSSR count). The lowest BCUT2D eigenvalue weighted by Gasteiger charge is -2.10. The Labute approximate surface area is 135 Å². The molecule has 110 valence electrons. The summed E-state index contributed by atoms with van der Waals surface area (Å²) in [4.78, 5) is 12.7. The molecule has 0 atom stereocenters. The van der Waals surface area contributed by atoms with Crippen LogP contribution >= 0.6 is 35.0 Å². The van der Waals surface area contributed by atoms with Gasteiger partial charge in [-0.25, -0.2) is 4.39 Å². The lowest BCUT2D eigenvalue weighted by molar-refractivity contribution is -0.113. The van der Waals surface area contributed by atoms with E-state index in [2.05, 4.69) is 5.32 Å². The van der Waals surface area contributed by atoms with E-state index in [9.17, 15) is 9.18 Å². The fourth-order valence-corrected chi connectivity index (χ4v) is 2.86. The van der Waals surface area contributed by atoms with Crippen LogP contribution in [0.4, 0.5) is 15.8 Å². The van der Waals surface area contributed by atoms with Gasteiger partial charge in [-0.05, 0) is 36.4 Å². The maximum Gasteiger partial charge on any atom is 0.234 e. The third-order valence-electron chi connectivity index (χ3n) is 2.51. The molecule has 0 saturated carbocycles. The average molecular weight is 345 g/mol. The van der Waals surface area contributed by atoms with Crippen LogP contribution in [0, 0.1) is 5.82 Å². The minimum atomic E-state index is -0.316. The summed E-state index contributed by atoms with van der Waals surface area (Å²) in [6, 6.07) is 8.92. The molecule has 1 amide bonds. The molecular formula is C14H11Cl2FN2OS. The fraction of sp³-hybridized carbons (Fsp3) is 0.0714. The topological polar surface area (TPSA) is 55.1 Å². The molecule has 0 radical (unpaired) electrons. The van der Waals surface area contributed by atoms with Crippen LogP contribution in [-0.2, 0) is 4.79 Å². The van der Waals surface area contributed by atoms with E-state index in [-0.39, 0.29) is 27.5 Å². The molecule has 0 heterocycles. The van der Waals surface area contributed by atoms with Gasteiger partial charge >= 0.3 is 0 Å². The van der Waals surface area contributed by atoms with Gasteiger partial charge < -0.3 is 11.1 Å². The lowest BCUT2D eigenvalue weighted by atomic mass is 10.3. The second-order valence-electron chi connectivity index (χ2n) is 4.15. The molecule has 0 aliphatic rings. The van der Waals surface area contributed by atoms with Crippen LogP contribution in [0.5, 0.6) is 0 Å². The number of nitrogens with one attached hydrogen (secondary N) is 1. The number of anilines is 2. The molecule has 0 bridgehead atoms. The number of hydrogen-bond acceptors (Lipinski definition) is 3. The number of amides is 1. The highest BCUT2D eigenvalue weighted by Gasteiger charge is 2.11. The summed E-state index contributed by atoms with van der Waals surface area (Å²) in [6.45, 7) is 0. The highest BCUT2D eigenvalue weighted by Crippen LogP contribution is 2.33. The number of benzene rings is 2. The van der Waals surface area contributed by atoms with Crippen LogP contribution in [0.1, 0.15) is 0 Å². The Morgan fingerprint density at radius 2 is 1.76 bits per heavy atom. The van der Waals surface area contributed by atoms with E-state index in [0.717, 1.165) is 4.90 Å². The predicted molar refractivity (Wildman–Crippen MR) is 86.6 cm³/mol. The third kappa shape index (κ3) is 4.52. The normalized spacial score (nSPS) is 10.4. The maximum atomic E-state index is 12.8. The largest absolute Gasteiger partial charge is 0.399 e. The Morgan fingerprint density at radius 3 is 2.33 bits per heavy atom. The standard InChI is InChI=1S/C14H11Cl2FN2OS/c15-11-5-9(18)6-12(16)14(11)19-13(20)7-21-10-3-1-8(17)2-4-10/h1-6H,7,18H2,(H,19,20). The zero-order chi connectivity index (χ0) is 15.4. The first-order chi connectivity index (χ1) is 9.95. The average Bonchev–Trinajstić information content (AvgIpc) is 2.42. The van der Waals surface area contributed by atoms with Gasteiger partial charge in [0.05, 0.1) is 21.5 Å². The number of carbonyl (C=O) groups is 1. The Kier molecular flexibility index (Phi) is 5.33. The van der Waals surface area contributed by atoms with Crippen LogP contribution in [-0.4, -0.2) is 11.7 Å². The van der Waals surface area contributed by atoms with Crippen LogP contribution in [0.2, 0.25) is 10.0 Å². The molecule has 0 unspecified atom stereocenters. The van der Waals surface area contributed by atoms with E-state index in [1.807, 2.05) is 0 Å². The Bertz CT molecular complexity index is 642. The van der Waals surface area contributed by atoms with Gasteiger partial charge in [0.1, 0.15) is 5.82 Å². The first kappa shape index (κ1) is 15.9. The molecule has 3 N–H and O–H groups in total. The van der Waals surface area contributed by atoms with E-state index in [1.54, 1.807) is 12.1 Å². The minimum Gasteiger partial charge on any atom is -0.399 e. The summed E-state index contributed by atoms with van der Waals surface area (Å²) < 4.78 is 12.8. The van der Waals surface area contributed by atoms with E-state index < -0.39 is 0 Å². The molecule has 0 aromatic heterocycles. The first-order valence-corrected chi connectivity index (χ1v) is 7.62. The Balaban J connectivity index is 1.97. The number of nitrogens with two attached hydrogens (primary N) is 1. The number of carbonyl (C=O) groups excluding carboxylic acids is 1. The van der Waals surface area contributed by atoms with Gasteiger partial charge in [0.15, 0.2) is 0 Å². The van der Waals surface area contributed by atoms with Gasteiger partial charge in [0.2, 0.25) is 5.91 Å². The second-order valence-corrected chi connectivity index (χ2v) is 6.01. The third-order valence-corrected chi connectivity index (χ3v) is 4.12. The molecule has 0 spiro atoms. The molecular weight excluding hydrogens is 334 g/mol. The minimum absolute atomic E-state index is 0.155. The number of nitrogen functional groups attached to an aromatic ring is 1. The fourth-order valence-electron chi connectivity index (χ4n) is 1.57. The molecule has 3 nitrogen and oxygen atoms in total. The van der Waals surface area contributed by atoms with Crippen LogP contribution < -0.4 is 11.1 Å². The quantitative estimate of drug-likeness (QED) is 0.636. The molecule has 0 saturated heterocycles. The van der Waals surface area contributed by atoms with Crippen molar-refractivity contribution >= 4 is 52.2 Å². The van der Waals surface area contributed by atoms with Crippen molar-refractivity contribution in [3.63, 3.8) is 0 Å². The summed E-state index contributed by atoms with van der Waals surface area (Å²) >= 11 is 13.3.